The molecule has 0 bridgehead atoms. The molecule has 2 rings (SSSR count). The van der Waals surface area contributed by atoms with Crippen molar-refractivity contribution in [2.45, 2.75) is 95.0 Å². The van der Waals surface area contributed by atoms with Crippen LogP contribution in [0.25, 0.3) is 0 Å². The molecule has 18 heteroatoms. The van der Waals surface area contributed by atoms with Gasteiger partial charge in [0.05, 0.1) is 32.0 Å². The van der Waals surface area contributed by atoms with Gasteiger partial charge in [0.2, 0.25) is 5.91 Å². The number of hydrogen-bond donors (Lipinski definition) is 7. The van der Waals surface area contributed by atoms with E-state index in [-0.39, 0.29) is 47.1 Å². The van der Waals surface area contributed by atoms with E-state index in [9.17, 15) is 35.6 Å². The first kappa shape index (κ1) is 37.1. The number of rotatable bonds is 13. The van der Waals surface area contributed by atoms with Gasteiger partial charge in [-0.1, -0.05) is 6.92 Å². The Balaban J connectivity index is 0.00000800. The van der Waals surface area contributed by atoms with Gasteiger partial charge in [0, 0.05) is 43.5 Å². The van der Waals surface area contributed by atoms with Gasteiger partial charge >= 0.3 is 29.6 Å². The summed E-state index contributed by atoms with van der Waals surface area (Å²) in [6.45, 7) is 5.49. The van der Waals surface area contributed by atoms with Crippen LogP contribution >= 0.6 is 0 Å². The van der Waals surface area contributed by atoms with Crippen molar-refractivity contribution in [3.8, 4) is 0 Å². The zero-order valence-electron chi connectivity index (χ0n) is 23.8. The molecule has 2 aliphatic heterocycles. The van der Waals surface area contributed by atoms with E-state index in [1.807, 2.05) is 0 Å². The van der Waals surface area contributed by atoms with Crippen molar-refractivity contribution >= 4 is 5.91 Å². The molecule has 0 saturated carbocycles. The minimum absolute atomic E-state index is 0. The largest absolute Gasteiger partial charge is 1.00 e. The molecule has 0 aromatic carbocycles. The number of nitrogens with zero attached hydrogens (tertiary/aromatic N) is 3. The molecule has 2 saturated heterocycles. The standard InChI is InChI=1S/C22H44N6O11.Na/c1-10(23)6-24-11(2)7-27(28(35)26-34)17-19(33)20(15(9-30)38-22(17)36-5)39-21-16(25-13(4)31)18(32)12(3)14(8-29)37-21;/h10-12,14-22,24,29-30,32-34H,6-9,23H2,1-5H3,(H,25,31);/q;+1/p-1/b28-26-;/t10?,11?,12-,14?,15?,16?,17?,18+,19-,20-,21+,22-;/m1./s1. The van der Waals surface area contributed by atoms with Crippen molar-refractivity contribution in [1.82, 2.24) is 15.6 Å². The molecule has 0 aromatic rings. The maximum absolute atomic E-state index is 12.5. The molecule has 40 heavy (non-hydrogen) atoms. The quantitative estimate of drug-likeness (QED) is 0.0456. The summed E-state index contributed by atoms with van der Waals surface area (Å²) in [4.78, 5) is 11.6. The third-order valence-electron chi connectivity index (χ3n) is 6.87. The van der Waals surface area contributed by atoms with Gasteiger partial charge in [-0.05, 0) is 19.1 Å². The summed E-state index contributed by atoms with van der Waals surface area (Å²) in [7, 11) is 1.25. The number of carbonyl (C=O) groups excluding carboxylic acids is 1. The molecule has 17 nitrogen and oxygen atoms in total. The van der Waals surface area contributed by atoms with Gasteiger partial charge in [0.1, 0.15) is 24.4 Å². The minimum atomic E-state index is -1.65. The van der Waals surface area contributed by atoms with Gasteiger partial charge < -0.3 is 66.2 Å². The van der Waals surface area contributed by atoms with E-state index in [4.69, 9.17) is 24.7 Å². The summed E-state index contributed by atoms with van der Waals surface area (Å²) < 4.78 is 22.9. The predicted molar refractivity (Wildman–Crippen MR) is 133 cm³/mol. The van der Waals surface area contributed by atoms with Crippen molar-refractivity contribution in [2.75, 3.05) is 33.4 Å². The van der Waals surface area contributed by atoms with Crippen LogP contribution in [0.1, 0.15) is 27.7 Å². The summed E-state index contributed by atoms with van der Waals surface area (Å²) in [6.07, 6.45) is -9.07. The van der Waals surface area contributed by atoms with Crippen molar-refractivity contribution in [1.29, 1.82) is 0 Å². The average Bonchev–Trinajstić information content (AvgIpc) is 2.90. The second-order valence-corrected chi connectivity index (χ2v) is 10.1. The van der Waals surface area contributed by atoms with Crippen molar-refractivity contribution in [3.05, 3.63) is 10.4 Å². The number of hydrogen-bond acceptors (Lipinski definition) is 14. The Hall–Kier alpha value is -0.930. The number of methoxy groups -OCH3 is 1. The predicted octanol–water partition coefficient (Wildman–Crippen LogP) is -6.31. The average molecular weight is 591 g/mol. The third-order valence-corrected chi connectivity index (χ3v) is 6.87. The zero-order valence-corrected chi connectivity index (χ0v) is 25.8. The van der Waals surface area contributed by atoms with Crippen molar-refractivity contribution in [2.24, 2.45) is 16.9 Å². The fourth-order valence-electron chi connectivity index (χ4n) is 4.77. The van der Waals surface area contributed by atoms with Gasteiger partial charge in [-0.3, -0.25) is 4.79 Å². The smallest absolute Gasteiger partial charge is 0.737 e. The first-order valence-corrected chi connectivity index (χ1v) is 12.8. The van der Waals surface area contributed by atoms with Crippen LogP contribution in [0.4, 0.5) is 0 Å². The molecule has 0 aliphatic carbocycles. The Morgan fingerprint density at radius 3 is 2.27 bits per heavy atom. The SMILES string of the molecule is CO[C@@H]1OC(CO)[C@@H](O[C@@H]2OC(CO)[C@@H](C)[C@H](O)C2NC(C)=O)[C@H](O)C1N(CC(C)NCC(C)N)/[N+]([O-])=N/[O-].[Na+]. The van der Waals surface area contributed by atoms with Gasteiger partial charge in [-0.2, -0.15) is 0 Å². The van der Waals surface area contributed by atoms with Crippen LogP contribution in [0.15, 0.2) is 5.28 Å². The van der Waals surface area contributed by atoms with Crippen molar-refractivity contribution < 1.29 is 78.7 Å². The van der Waals surface area contributed by atoms with E-state index >= 15 is 0 Å². The van der Waals surface area contributed by atoms with Gasteiger partial charge in [0.25, 0.3) is 0 Å². The number of carbonyl (C=O) groups is 1. The van der Waals surface area contributed by atoms with Crippen LogP contribution in [0.2, 0.25) is 0 Å². The molecular formula is C22H43N6NaO11. The number of nitrogens with two attached hydrogens (primary N) is 1. The van der Waals surface area contributed by atoms with Crippen LogP contribution in [0, 0.1) is 16.3 Å². The molecule has 0 spiro atoms. The molecule has 1 amide bonds. The number of amides is 1. The molecule has 228 valence electrons. The van der Waals surface area contributed by atoms with Gasteiger partial charge in [-0.25, -0.2) is 0 Å². The second kappa shape index (κ2) is 17.3. The maximum Gasteiger partial charge on any atom is 1.00 e. The topological polar surface area (TPSA) is 250 Å². The van der Waals surface area contributed by atoms with Gasteiger partial charge in [-0.15, -0.1) is 5.01 Å². The fourth-order valence-corrected chi connectivity index (χ4v) is 4.77. The Bertz CT molecular complexity index is 802. The van der Waals surface area contributed by atoms with E-state index in [0.717, 1.165) is 5.01 Å². The molecule has 2 aliphatic rings. The second-order valence-electron chi connectivity index (χ2n) is 10.1. The molecule has 0 aromatic heterocycles. The van der Waals surface area contributed by atoms with E-state index in [1.54, 1.807) is 20.8 Å². The van der Waals surface area contributed by atoms with Crippen molar-refractivity contribution in [3.63, 3.8) is 0 Å². The third kappa shape index (κ3) is 9.29. The normalized spacial score (nSPS) is 36.3. The molecule has 0 radical (unpaired) electrons. The molecular weight excluding hydrogens is 547 g/mol. The number of aliphatic hydroxyl groups is 4. The van der Waals surface area contributed by atoms with E-state index in [1.165, 1.54) is 14.0 Å². The van der Waals surface area contributed by atoms with Crippen LogP contribution in [-0.2, 0) is 23.7 Å². The molecule has 12 atom stereocenters. The molecule has 2 heterocycles. The fraction of sp³-hybridized carbons (Fsp3) is 0.955. The van der Waals surface area contributed by atoms with Crippen LogP contribution < -0.4 is 45.9 Å². The monoisotopic (exact) mass is 590 g/mol. The first-order chi connectivity index (χ1) is 18.4. The Labute approximate surface area is 255 Å². The van der Waals surface area contributed by atoms with Crippen LogP contribution in [-0.4, -0.2) is 137 Å². The van der Waals surface area contributed by atoms with E-state index < -0.39 is 86.3 Å². The number of ether oxygens (including phenoxy) is 4. The van der Waals surface area contributed by atoms with Crippen LogP contribution in [0.5, 0.6) is 0 Å². The Morgan fingerprint density at radius 1 is 1.18 bits per heavy atom. The number of nitrogens with one attached hydrogen (secondary N) is 2. The Kier molecular flexibility index (Phi) is 16.0. The first-order valence-electron chi connectivity index (χ1n) is 12.8. The molecule has 8 N–H and O–H groups in total. The summed E-state index contributed by atoms with van der Waals surface area (Å²) >= 11 is 0. The molecule has 2 fully saturated rings. The van der Waals surface area contributed by atoms with Gasteiger partial charge in [0.15, 0.2) is 18.6 Å². The van der Waals surface area contributed by atoms with E-state index in [0.29, 0.717) is 6.54 Å². The summed E-state index contributed by atoms with van der Waals surface area (Å²) in [6, 6.07) is -3.09. The summed E-state index contributed by atoms with van der Waals surface area (Å²) in [5.74, 6) is -1.09. The maximum atomic E-state index is 12.5. The zero-order chi connectivity index (χ0) is 29.4. The number of aliphatic hydroxyl groups excluding tert-OH is 4. The van der Waals surface area contributed by atoms with E-state index in [2.05, 4.69) is 15.9 Å². The van der Waals surface area contributed by atoms with Crippen LogP contribution in [0.3, 0.4) is 0 Å². The summed E-state index contributed by atoms with van der Waals surface area (Å²) in [5.41, 5.74) is 5.77. The Morgan fingerprint density at radius 2 is 1.77 bits per heavy atom. The minimum Gasteiger partial charge on any atom is -0.737 e. The molecule has 6 unspecified atom stereocenters. The number of hydrazine groups is 1. The summed E-state index contributed by atoms with van der Waals surface area (Å²) in [5, 5.41) is 74.9.